The molecule has 1 rings (SSSR count). The number of anilines is 1. The fourth-order valence-electron chi connectivity index (χ4n) is 1.52. The van der Waals surface area contributed by atoms with Crippen molar-refractivity contribution in [2.24, 2.45) is 5.73 Å². The number of nitrogens with one attached hydrogen (secondary N) is 1. The van der Waals surface area contributed by atoms with E-state index >= 15 is 0 Å². The molecule has 0 saturated heterocycles. The standard InChI is InChI=1S/C11H17N3O2/c1-9-5-4-6-10(14(15)16)11(9)13-8-3-2-7-12/h4-6,13H,2-3,7-8,12H2,1H3. The number of benzene rings is 1. The molecule has 0 amide bonds. The second-order valence-corrected chi connectivity index (χ2v) is 3.65. The molecular weight excluding hydrogens is 206 g/mol. The molecule has 0 unspecified atom stereocenters. The van der Waals surface area contributed by atoms with Crippen LogP contribution in [0.1, 0.15) is 18.4 Å². The summed E-state index contributed by atoms with van der Waals surface area (Å²) in [5.41, 5.74) is 7.02. The Morgan fingerprint density at radius 3 is 2.81 bits per heavy atom. The molecule has 0 aliphatic rings. The summed E-state index contributed by atoms with van der Waals surface area (Å²) in [5.74, 6) is 0. The Bertz CT molecular complexity index is 366. The zero-order valence-electron chi connectivity index (χ0n) is 9.40. The van der Waals surface area contributed by atoms with Crippen molar-refractivity contribution in [2.45, 2.75) is 19.8 Å². The molecule has 16 heavy (non-hydrogen) atoms. The van der Waals surface area contributed by atoms with Crippen molar-refractivity contribution < 1.29 is 4.92 Å². The number of para-hydroxylation sites is 1. The Kier molecular flexibility index (Phi) is 4.72. The Labute approximate surface area is 94.8 Å². The number of hydrogen-bond donors (Lipinski definition) is 2. The number of hydrogen-bond acceptors (Lipinski definition) is 4. The summed E-state index contributed by atoms with van der Waals surface area (Å²) in [7, 11) is 0. The number of nitrogens with two attached hydrogens (primary N) is 1. The molecule has 0 fully saturated rings. The number of rotatable bonds is 6. The number of aryl methyl sites for hydroxylation is 1. The van der Waals surface area contributed by atoms with Gasteiger partial charge in [-0.2, -0.15) is 0 Å². The molecule has 0 radical (unpaired) electrons. The third kappa shape index (κ3) is 3.20. The van der Waals surface area contributed by atoms with E-state index in [9.17, 15) is 10.1 Å². The highest BCUT2D eigenvalue weighted by Crippen LogP contribution is 2.27. The van der Waals surface area contributed by atoms with Gasteiger partial charge in [0.15, 0.2) is 0 Å². The summed E-state index contributed by atoms with van der Waals surface area (Å²) in [5, 5.41) is 13.9. The van der Waals surface area contributed by atoms with Gasteiger partial charge in [-0.05, 0) is 31.9 Å². The van der Waals surface area contributed by atoms with Crippen molar-refractivity contribution in [1.29, 1.82) is 0 Å². The molecule has 5 nitrogen and oxygen atoms in total. The molecule has 5 heteroatoms. The molecule has 1 aromatic rings. The molecule has 0 aliphatic heterocycles. The summed E-state index contributed by atoms with van der Waals surface area (Å²) in [4.78, 5) is 10.4. The van der Waals surface area contributed by atoms with Crippen LogP contribution in [-0.4, -0.2) is 18.0 Å². The highest BCUT2D eigenvalue weighted by atomic mass is 16.6. The lowest BCUT2D eigenvalue weighted by atomic mass is 10.1. The first-order valence-electron chi connectivity index (χ1n) is 5.34. The highest BCUT2D eigenvalue weighted by Gasteiger charge is 2.14. The van der Waals surface area contributed by atoms with Crippen molar-refractivity contribution in [1.82, 2.24) is 0 Å². The third-order valence-corrected chi connectivity index (χ3v) is 2.38. The molecule has 0 aromatic heterocycles. The van der Waals surface area contributed by atoms with E-state index < -0.39 is 0 Å². The summed E-state index contributed by atoms with van der Waals surface area (Å²) in [6.07, 6.45) is 1.84. The van der Waals surface area contributed by atoms with Gasteiger partial charge >= 0.3 is 0 Å². The van der Waals surface area contributed by atoms with E-state index in [2.05, 4.69) is 5.32 Å². The maximum Gasteiger partial charge on any atom is 0.292 e. The molecule has 0 atom stereocenters. The minimum Gasteiger partial charge on any atom is -0.379 e. The summed E-state index contributed by atoms with van der Waals surface area (Å²) < 4.78 is 0. The molecular formula is C11H17N3O2. The second kappa shape index (κ2) is 6.07. The van der Waals surface area contributed by atoms with Gasteiger partial charge in [0.2, 0.25) is 0 Å². The normalized spacial score (nSPS) is 10.1. The fourth-order valence-corrected chi connectivity index (χ4v) is 1.52. The van der Waals surface area contributed by atoms with Crippen molar-refractivity contribution in [3.8, 4) is 0 Å². The van der Waals surface area contributed by atoms with Gasteiger partial charge in [-0.3, -0.25) is 10.1 Å². The van der Waals surface area contributed by atoms with E-state index in [4.69, 9.17) is 5.73 Å². The molecule has 0 bridgehead atoms. The van der Waals surface area contributed by atoms with Crippen LogP contribution in [0.15, 0.2) is 18.2 Å². The lowest BCUT2D eigenvalue weighted by Gasteiger charge is -2.09. The minimum atomic E-state index is -0.363. The lowest BCUT2D eigenvalue weighted by molar-refractivity contribution is -0.384. The zero-order valence-corrected chi connectivity index (χ0v) is 9.40. The molecule has 0 spiro atoms. The Morgan fingerprint density at radius 2 is 2.19 bits per heavy atom. The maximum absolute atomic E-state index is 10.8. The van der Waals surface area contributed by atoms with Gasteiger partial charge in [-0.15, -0.1) is 0 Å². The Hall–Kier alpha value is -1.62. The van der Waals surface area contributed by atoms with Crippen LogP contribution in [0.3, 0.4) is 0 Å². The van der Waals surface area contributed by atoms with Crippen LogP contribution in [0.2, 0.25) is 0 Å². The fraction of sp³-hybridized carbons (Fsp3) is 0.455. The van der Waals surface area contributed by atoms with E-state index in [0.29, 0.717) is 18.8 Å². The van der Waals surface area contributed by atoms with Crippen molar-refractivity contribution in [3.63, 3.8) is 0 Å². The van der Waals surface area contributed by atoms with Crippen LogP contribution in [0, 0.1) is 17.0 Å². The SMILES string of the molecule is Cc1cccc([N+](=O)[O-])c1NCCCCN. The van der Waals surface area contributed by atoms with Gasteiger partial charge in [0.1, 0.15) is 5.69 Å². The maximum atomic E-state index is 10.8. The molecule has 0 aliphatic carbocycles. The Morgan fingerprint density at radius 1 is 1.44 bits per heavy atom. The summed E-state index contributed by atoms with van der Waals surface area (Å²) in [6.45, 7) is 3.22. The number of nitro benzene ring substituents is 1. The van der Waals surface area contributed by atoms with Crippen LogP contribution in [-0.2, 0) is 0 Å². The van der Waals surface area contributed by atoms with E-state index in [1.807, 2.05) is 13.0 Å². The molecule has 1 aromatic carbocycles. The number of unbranched alkanes of at least 4 members (excludes halogenated alkanes) is 1. The quantitative estimate of drug-likeness (QED) is 0.439. The van der Waals surface area contributed by atoms with Crippen molar-refractivity contribution >= 4 is 11.4 Å². The topological polar surface area (TPSA) is 81.2 Å². The predicted molar refractivity (Wildman–Crippen MR) is 64.6 cm³/mol. The van der Waals surface area contributed by atoms with Gasteiger partial charge < -0.3 is 11.1 Å². The predicted octanol–water partition coefficient (Wildman–Crippen LogP) is 2.05. The van der Waals surface area contributed by atoms with Crippen LogP contribution < -0.4 is 11.1 Å². The van der Waals surface area contributed by atoms with E-state index in [-0.39, 0.29) is 10.6 Å². The number of nitro groups is 1. The van der Waals surface area contributed by atoms with Gasteiger partial charge in [0, 0.05) is 12.6 Å². The average Bonchev–Trinajstić information content (AvgIpc) is 2.25. The second-order valence-electron chi connectivity index (χ2n) is 3.65. The first-order valence-corrected chi connectivity index (χ1v) is 5.34. The van der Waals surface area contributed by atoms with Crippen LogP contribution in [0.4, 0.5) is 11.4 Å². The first kappa shape index (κ1) is 12.4. The van der Waals surface area contributed by atoms with Crippen LogP contribution >= 0.6 is 0 Å². The highest BCUT2D eigenvalue weighted by molar-refractivity contribution is 5.65. The van der Waals surface area contributed by atoms with E-state index in [0.717, 1.165) is 18.4 Å². The monoisotopic (exact) mass is 223 g/mol. The largest absolute Gasteiger partial charge is 0.379 e. The van der Waals surface area contributed by atoms with Crippen molar-refractivity contribution in [3.05, 3.63) is 33.9 Å². The lowest BCUT2D eigenvalue weighted by Crippen LogP contribution is -2.08. The smallest absolute Gasteiger partial charge is 0.292 e. The Balaban J connectivity index is 2.73. The molecule has 0 saturated carbocycles. The van der Waals surface area contributed by atoms with E-state index in [1.54, 1.807) is 6.07 Å². The number of nitrogens with zero attached hydrogens (tertiary/aromatic N) is 1. The van der Waals surface area contributed by atoms with Crippen molar-refractivity contribution in [2.75, 3.05) is 18.4 Å². The van der Waals surface area contributed by atoms with Gasteiger partial charge in [-0.25, -0.2) is 0 Å². The molecule has 0 heterocycles. The summed E-state index contributed by atoms with van der Waals surface area (Å²) in [6, 6.07) is 5.06. The van der Waals surface area contributed by atoms with Gasteiger partial charge in [0.05, 0.1) is 4.92 Å². The minimum absolute atomic E-state index is 0.132. The molecule has 88 valence electrons. The van der Waals surface area contributed by atoms with Gasteiger partial charge in [0.25, 0.3) is 5.69 Å². The first-order chi connectivity index (χ1) is 7.66. The zero-order chi connectivity index (χ0) is 12.0. The third-order valence-electron chi connectivity index (χ3n) is 2.38. The van der Waals surface area contributed by atoms with E-state index in [1.165, 1.54) is 6.07 Å². The molecule has 3 N–H and O–H groups in total. The van der Waals surface area contributed by atoms with Crippen LogP contribution in [0.25, 0.3) is 0 Å². The van der Waals surface area contributed by atoms with Gasteiger partial charge in [-0.1, -0.05) is 12.1 Å². The van der Waals surface area contributed by atoms with Crippen LogP contribution in [0.5, 0.6) is 0 Å². The summed E-state index contributed by atoms with van der Waals surface area (Å²) >= 11 is 0. The average molecular weight is 223 g/mol.